The quantitative estimate of drug-likeness (QED) is 0.680. The molecule has 1 aromatic rings. The zero-order valence-corrected chi connectivity index (χ0v) is 15.9. The first-order valence-electron chi connectivity index (χ1n) is 9.26. The summed E-state index contributed by atoms with van der Waals surface area (Å²) >= 11 is 0. The van der Waals surface area contributed by atoms with Crippen LogP contribution in [-0.4, -0.2) is 60.6 Å². The molecule has 2 amide bonds. The Morgan fingerprint density at radius 1 is 1.30 bits per heavy atom. The van der Waals surface area contributed by atoms with Gasteiger partial charge >= 0.3 is 5.97 Å². The molecule has 7 nitrogen and oxygen atoms in total. The molecule has 0 bridgehead atoms. The number of amides is 2. The van der Waals surface area contributed by atoms with Crippen molar-refractivity contribution in [2.45, 2.75) is 38.6 Å². The number of aliphatic carboxylic acids is 1. The largest absolute Gasteiger partial charge is 0.481 e. The number of carboxylic acid groups (broad SMARTS) is 1. The molecule has 1 fully saturated rings. The number of nitrogens with one attached hydrogen (secondary N) is 1. The highest BCUT2D eigenvalue weighted by molar-refractivity contribution is 5.89. The standard InChI is InChI=1S/C20H28N2O5/c1-3-7-16(21-17(23)12-15-8-5-4-6-9-15)18(24)22-11-10-20(13-22,14-27-2)19(25)26/h4-6,8-9,16H,3,7,10-14H2,1-2H3,(H,21,23)(H,25,26). The molecule has 0 radical (unpaired) electrons. The van der Waals surface area contributed by atoms with E-state index < -0.39 is 17.4 Å². The van der Waals surface area contributed by atoms with Gasteiger partial charge in [-0.25, -0.2) is 0 Å². The Bertz CT molecular complexity index is 664. The number of benzene rings is 1. The van der Waals surface area contributed by atoms with Gasteiger partial charge in [0.1, 0.15) is 11.5 Å². The Kier molecular flexibility index (Phi) is 7.36. The monoisotopic (exact) mass is 376 g/mol. The second kappa shape index (κ2) is 9.50. The van der Waals surface area contributed by atoms with E-state index in [-0.39, 0.29) is 31.4 Å². The SMILES string of the molecule is CCCC(NC(=O)Cc1ccccc1)C(=O)N1CCC(COC)(C(=O)O)C1. The van der Waals surface area contributed by atoms with Crippen LogP contribution in [-0.2, 0) is 25.5 Å². The van der Waals surface area contributed by atoms with Crippen molar-refractivity contribution in [1.82, 2.24) is 10.2 Å². The van der Waals surface area contributed by atoms with E-state index in [0.717, 1.165) is 12.0 Å². The number of hydrogen-bond donors (Lipinski definition) is 2. The van der Waals surface area contributed by atoms with Crippen LogP contribution in [0, 0.1) is 5.41 Å². The minimum Gasteiger partial charge on any atom is -0.481 e. The molecule has 1 heterocycles. The Balaban J connectivity index is 2.02. The second-order valence-corrected chi connectivity index (χ2v) is 7.10. The molecule has 27 heavy (non-hydrogen) atoms. The minimum absolute atomic E-state index is 0.0604. The molecule has 0 aliphatic carbocycles. The fourth-order valence-corrected chi connectivity index (χ4v) is 3.48. The molecule has 1 saturated heterocycles. The third-order valence-corrected chi connectivity index (χ3v) is 4.96. The smallest absolute Gasteiger partial charge is 0.313 e. The molecule has 2 rings (SSSR count). The molecule has 1 aromatic carbocycles. The first-order chi connectivity index (χ1) is 12.9. The predicted molar refractivity (Wildman–Crippen MR) is 100 cm³/mol. The van der Waals surface area contributed by atoms with Gasteiger partial charge in [0, 0.05) is 20.2 Å². The zero-order chi connectivity index (χ0) is 19.9. The van der Waals surface area contributed by atoms with E-state index in [2.05, 4.69) is 5.32 Å². The molecule has 1 aliphatic rings. The van der Waals surface area contributed by atoms with Crippen LogP contribution in [0.2, 0.25) is 0 Å². The molecule has 2 atom stereocenters. The lowest BCUT2D eigenvalue weighted by atomic mass is 9.88. The number of rotatable bonds is 9. The van der Waals surface area contributed by atoms with Crippen molar-refractivity contribution < 1.29 is 24.2 Å². The number of nitrogens with zero attached hydrogens (tertiary/aromatic N) is 1. The molecule has 1 aliphatic heterocycles. The highest BCUT2D eigenvalue weighted by Crippen LogP contribution is 2.31. The summed E-state index contributed by atoms with van der Waals surface area (Å²) in [7, 11) is 1.46. The Hall–Kier alpha value is -2.41. The van der Waals surface area contributed by atoms with Crippen LogP contribution in [0.4, 0.5) is 0 Å². The van der Waals surface area contributed by atoms with Gasteiger partial charge in [0.15, 0.2) is 0 Å². The molecule has 148 valence electrons. The number of likely N-dealkylation sites (tertiary alicyclic amines) is 1. The average molecular weight is 376 g/mol. The molecule has 0 spiro atoms. The van der Waals surface area contributed by atoms with Crippen LogP contribution in [0.5, 0.6) is 0 Å². The van der Waals surface area contributed by atoms with E-state index in [9.17, 15) is 19.5 Å². The molecule has 2 unspecified atom stereocenters. The normalized spacial score (nSPS) is 20.3. The lowest BCUT2D eigenvalue weighted by molar-refractivity contribution is -0.152. The van der Waals surface area contributed by atoms with Crippen molar-refractivity contribution in [2.24, 2.45) is 5.41 Å². The predicted octanol–water partition coefficient (Wildman–Crippen LogP) is 1.46. The Morgan fingerprint density at radius 2 is 2.00 bits per heavy atom. The van der Waals surface area contributed by atoms with Crippen molar-refractivity contribution in [3.8, 4) is 0 Å². The Labute approximate surface area is 159 Å². The van der Waals surface area contributed by atoms with Crippen molar-refractivity contribution >= 4 is 17.8 Å². The second-order valence-electron chi connectivity index (χ2n) is 7.10. The van der Waals surface area contributed by atoms with Crippen LogP contribution in [0.15, 0.2) is 30.3 Å². The highest BCUT2D eigenvalue weighted by atomic mass is 16.5. The van der Waals surface area contributed by atoms with E-state index in [0.29, 0.717) is 19.4 Å². The summed E-state index contributed by atoms with van der Waals surface area (Å²) in [6.45, 7) is 2.46. The van der Waals surface area contributed by atoms with Gasteiger partial charge in [0.05, 0.1) is 13.0 Å². The molecular formula is C20H28N2O5. The fraction of sp³-hybridized carbons (Fsp3) is 0.550. The third-order valence-electron chi connectivity index (χ3n) is 4.96. The van der Waals surface area contributed by atoms with Crippen molar-refractivity contribution in [3.05, 3.63) is 35.9 Å². The van der Waals surface area contributed by atoms with Crippen LogP contribution in [0.1, 0.15) is 31.7 Å². The number of methoxy groups -OCH3 is 1. The lowest BCUT2D eigenvalue weighted by Gasteiger charge is -2.27. The maximum Gasteiger partial charge on any atom is 0.313 e. The number of ether oxygens (including phenoxy) is 1. The summed E-state index contributed by atoms with van der Waals surface area (Å²) in [5.41, 5.74) is -0.196. The summed E-state index contributed by atoms with van der Waals surface area (Å²) in [5.74, 6) is -1.40. The van der Waals surface area contributed by atoms with Crippen molar-refractivity contribution in [1.29, 1.82) is 0 Å². The van der Waals surface area contributed by atoms with Crippen LogP contribution in [0.3, 0.4) is 0 Å². The topological polar surface area (TPSA) is 95.9 Å². The van der Waals surface area contributed by atoms with Gasteiger partial charge in [-0.3, -0.25) is 14.4 Å². The number of carbonyl (C=O) groups is 3. The van der Waals surface area contributed by atoms with Crippen molar-refractivity contribution in [2.75, 3.05) is 26.8 Å². The van der Waals surface area contributed by atoms with Crippen LogP contribution >= 0.6 is 0 Å². The highest BCUT2D eigenvalue weighted by Gasteiger charge is 2.47. The van der Waals surface area contributed by atoms with E-state index >= 15 is 0 Å². The molecule has 0 saturated carbocycles. The van der Waals surface area contributed by atoms with Gasteiger partial charge in [-0.05, 0) is 18.4 Å². The summed E-state index contributed by atoms with van der Waals surface area (Å²) in [6.07, 6.45) is 1.80. The summed E-state index contributed by atoms with van der Waals surface area (Å²) in [6, 6.07) is 8.70. The molecule has 2 N–H and O–H groups in total. The Morgan fingerprint density at radius 3 is 2.59 bits per heavy atom. The maximum atomic E-state index is 12.9. The summed E-state index contributed by atoms with van der Waals surface area (Å²) in [5, 5.41) is 12.4. The van der Waals surface area contributed by atoms with Crippen LogP contribution in [0.25, 0.3) is 0 Å². The van der Waals surface area contributed by atoms with E-state index in [4.69, 9.17) is 4.74 Å². The number of carboxylic acids is 1. The van der Waals surface area contributed by atoms with E-state index in [1.807, 2.05) is 37.3 Å². The van der Waals surface area contributed by atoms with Gasteiger partial charge in [0.2, 0.25) is 11.8 Å². The number of hydrogen-bond acceptors (Lipinski definition) is 4. The first kappa shape index (κ1) is 20.9. The average Bonchev–Trinajstić information content (AvgIpc) is 3.07. The third kappa shape index (κ3) is 5.29. The summed E-state index contributed by atoms with van der Waals surface area (Å²) in [4.78, 5) is 38.5. The fourth-order valence-electron chi connectivity index (χ4n) is 3.48. The van der Waals surface area contributed by atoms with Gasteiger partial charge < -0.3 is 20.1 Å². The molecule has 0 aromatic heterocycles. The maximum absolute atomic E-state index is 12.9. The van der Waals surface area contributed by atoms with E-state index in [1.165, 1.54) is 12.0 Å². The van der Waals surface area contributed by atoms with E-state index in [1.54, 1.807) is 0 Å². The minimum atomic E-state index is -1.07. The van der Waals surface area contributed by atoms with Gasteiger partial charge in [-0.2, -0.15) is 0 Å². The lowest BCUT2D eigenvalue weighted by Crippen LogP contribution is -2.49. The zero-order valence-electron chi connectivity index (χ0n) is 15.9. The van der Waals surface area contributed by atoms with Gasteiger partial charge in [-0.1, -0.05) is 43.7 Å². The van der Waals surface area contributed by atoms with Crippen molar-refractivity contribution in [3.63, 3.8) is 0 Å². The molecular weight excluding hydrogens is 348 g/mol. The van der Waals surface area contributed by atoms with Gasteiger partial charge in [-0.15, -0.1) is 0 Å². The summed E-state index contributed by atoms with van der Waals surface area (Å²) < 4.78 is 5.07. The van der Waals surface area contributed by atoms with Crippen LogP contribution < -0.4 is 5.32 Å². The van der Waals surface area contributed by atoms with Gasteiger partial charge in [0.25, 0.3) is 0 Å². The molecule has 7 heteroatoms. The first-order valence-corrected chi connectivity index (χ1v) is 9.26. The number of carbonyl (C=O) groups excluding carboxylic acids is 2.